The maximum absolute atomic E-state index is 12.4. The third kappa shape index (κ3) is 4.07. The molecule has 2 N–H and O–H groups in total. The lowest BCUT2D eigenvalue weighted by molar-refractivity contribution is 0.127. The number of ether oxygens (including phenoxy) is 1. The zero-order valence-electron chi connectivity index (χ0n) is 16.3. The van der Waals surface area contributed by atoms with Crippen LogP contribution in [-0.2, 0) is 4.74 Å². The van der Waals surface area contributed by atoms with E-state index in [1.807, 2.05) is 24.3 Å². The van der Waals surface area contributed by atoms with Crippen LogP contribution in [0.2, 0.25) is 0 Å². The average Bonchev–Trinajstić information content (AvgIpc) is 3.06. The number of rotatable bonds is 6. The molecule has 148 valence electrons. The topological polar surface area (TPSA) is 58.6 Å². The van der Waals surface area contributed by atoms with Gasteiger partial charge in [0.15, 0.2) is 0 Å². The number of amides is 1. The normalized spacial score (nSPS) is 17.6. The minimum atomic E-state index is -0.434. The first-order valence-electron chi connectivity index (χ1n) is 10.5. The Kier molecular flexibility index (Phi) is 5.96. The maximum Gasteiger partial charge on any atom is 0.407 e. The highest BCUT2D eigenvalue weighted by atomic mass is 16.5. The standard InChI is InChI=1S/C24H29NO3/c26-15-18(14-17-8-2-1-3-9-17)25-24(27)28-16-23-21-12-6-4-10-19(21)20-11-5-7-13-22(20)23/h4-7,10-13,17-18,23,26H,1-3,8-9,14-16H2,(H,25,27). The van der Waals surface area contributed by atoms with Crippen molar-refractivity contribution in [3.63, 3.8) is 0 Å². The van der Waals surface area contributed by atoms with E-state index in [9.17, 15) is 9.90 Å². The summed E-state index contributed by atoms with van der Waals surface area (Å²) in [4.78, 5) is 12.4. The van der Waals surface area contributed by atoms with E-state index in [4.69, 9.17) is 4.74 Å². The van der Waals surface area contributed by atoms with Gasteiger partial charge in [0.05, 0.1) is 12.6 Å². The van der Waals surface area contributed by atoms with Gasteiger partial charge >= 0.3 is 6.09 Å². The van der Waals surface area contributed by atoms with Crippen LogP contribution < -0.4 is 5.32 Å². The summed E-state index contributed by atoms with van der Waals surface area (Å²) in [6.07, 6.45) is 6.62. The van der Waals surface area contributed by atoms with Gasteiger partial charge in [-0.3, -0.25) is 0 Å². The second kappa shape index (κ2) is 8.78. The Morgan fingerprint density at radius 2 is 1.61 bits per heavy atom. The fraction of sp³-hybridized carbons (Fsp3) is 0.458. The van der Waals surface area contributed by atoms with Crippen molar-refractivity contribution in [1.82, 2.24) is 5.32 Å². The van der Waals surface area contributed by atoms with E-state index >= 15 is 0 Å². The predicted octanol–water partition coefficient (Wildman–Crippen LogP) is 4.86. The second-order valence-corrected chi connectivity index (χ2v) is 8.09. The Bertz CT molecular complexity index is 768. The number of hydrogen-bond donors (Lipinski definition) is 2. The number of carbonyl (C=O) groups is 1. The van der Waals surface area contributed by atoms with Crippen molar-refractivity contribution in [3.05, 3.63) is 59.7 Å². The van der Waals surface area contributed by atoms with Crippen molar-refractivity contribution in [3.8, 4) is 11.1 Å². The molecule has 0 heterocycles. The summed E-state index contributed by atoms with van der Waals surface area (Å²) in [5.74, 6) is 0.656. The average molecular weight is 380 g/mol. The smallest absolute Gasteiger partial charge is 0.407 e. The van der Waals surface area contributed by atoms with E-state index in [1.54, 1.807) is 0 Å². The van der Waals surface area contributed by atoms with Gasteiger partial charge in [-0.1, -0.05) is 80.6 Å². The fourth-order valence-corrected chi connectivity index (χ4v) is 4.81. The molecule has 4 heteroatoms. The molecule has 2 aromatic rings. The molecule has 0 spiro atoms. The fourth-order valence-electron chi connectivity index (χ4n) is 4.81. The summed E-state index contributed by atoms with van der Waals surface area (Å²) >= 11 is 0. The van der Waals surface area contributed by atoms with Crippen LogP contribution >= 0.6 is 0 Å². The molecule has 1 saturated carbocycles. The monoisotopic (exact) mass is 379 g/mol. The number of alkyl carbamates (subject to hydrolysis) is 1. The molecule has 4 rings (SSSR count). The SMILES string of the molecule is O=C(NC(CO)CC1CCCCC1)OCC1c2ccccc2-c2ccccc21. The first kappa shape index (κ1) is 19.0. The van der Waals surface area contributed by atoms with Crippen LogP contribution in [0.3, 0.4) is 0 Å². The molecule has 2 aromatic carbocycles. The molecule has 1 atom stereocenters. The van der Waals surface area contributed by atoms with E-state index < -0.39 is 6.09 Å². The lowest BCUT2D eigenvalue weighted by Gasteiger charge is -2.26. The molecule has 0 aromatic heterocycles. The van der Waals surface area contributed by atoms with Crippen molar-refractivity contribution in [2.45, 2.75) is 50.5 Å². The maximum atomic E-state index is 12.4. The number of benzene rings is 2. The van der Waals surface area contributed by atoms with E-state index in [2.05, 4.69) is 29.6 Å². The van der Waals surface area contributed by atoms with Crippen molar-refractivity contribution in [2.24, 2.45) is 5.92 Å². The van der Waals surface area contributed by atoms with E-state index in [-0.39, 0.29) is 18.6 Å². The molecule has 0 bridgehead atoms. The summed E-state index contributed by atoms with van der Waals surface area (Å²) in [6.45, 7) is 0.266. The van der Waals surface area contributed by atoms with Crippen LogP contribution in [0.25, 0.3) is 11.1 Å². The number of aliphatic hydroxyl groups excluding tert-OH is 1. The van der Waals surface area contributed by atoms with Crippen molar-refractivity contribution >= 4 is 6.09 Å². The van der Waals surface area contributed by atoms with E-state index in [0.717, 1.165) is 6.42 Å². The zero-order valence-corrected chi connectivity index (χ0v) is 16.3. The van der Waals surface area contributed by atoms with Crippen LogP contribution in [-0.4, -0.2) is 30.5 Å². The Balaban J connectivity index is 1.36. The lowest BCUT2D eigenvalue weighted by atomic mass is 9.85. The predicted molar refractivity (Wildman–Crippen MR) is 110 cm³/mol. The highest BCUT2D eigenvalue weighted by Gasteiger charge is 2.29. The van der Waals surface area contributed by atoms with Gasteiger partial charge in [0.25, 0.3) is 0 Å². The Hall–Kier alpha value is -2.33. The number of aliphatic hydroxyl groups is 1. The summed E-state index contributed by atoms with van der Waals surface area (Å²) in [5, 5.41) is 12.6. The van der Waals surface area contributed by atoms with Crippen molar-refractivity contribution < 1.29 is 14.6 Å². The van der Waals surface area contributed by atoms with Gasteiger partial charge in [0.2, 0.25) is 0 Å². The molecular formula is C24H29NO3. The van der Waals surface area contributed by atoms with Gasteiger partial charge in [-0.15, -0.1) is 0 Å². The van der Waals surface area contributed by atoms with Gasteiger partial charge in [0.1, 0.15) is 6.61 Å². The van der Waals surface area contributed by atoms with Crippen LogP contribution in [0.15, 0.2) is 48.5 Å². The zero-order chi connectivity index (χ0) is 19.3. The molecule has 2 aliphatic carbocycles. The molecular weight excluding hydrogens is 350 g/mol. The summed E-state index contributed by atoms with van der Waals surface area (Å²) in [6, 6.07) is 16.4. The summed E-state index contributed by atoms with van der Waals surface area (Å²) < 4.78 is 5.60. The van der Waals surface area contributed by atoms with E-state index in [0.29, 0.717) is 12.5 Å². The molecule has 2 aliphatic rings. The molecule has 1 fully saturated rings. The highest BCUT2D eigenvalue weighted by molar-refractivity contribution is 5.79. The summed E-state index contributed by atoms with van der Waals surface area (Å²) in [7, 11) is 0. The first-order valence-corrected chi connectivity index (χ1v) is 10.5. The van der Waals surface area contributed by atoms with E-state index in [1.165, 1.54) is 54.4 Å². The molecule has 0 radical (unpaired) electrons. The largest absolute Gasteiger partial charge is 0.449 e. The van der Waals surface area contributed by atoms with Crippen molar-refractivity contribution in [1.29, 1.82) is 0 Å². The number of nitrogens with one attached hydrogen (secondary N) is 1. The molecule has 1 unspecified atom stereocenters. The van der Waals surface area contributed by atoms with Gasteiger partial charge in [-0.25, -0.2) is 4.79 Å². The number of hydrogen-bond acceptors (Lipinski definition) is 3. The Morgan fingerprint density at radius 1 is 1.00 bits per heavy atom. The van der Waals surface area contributed by atoms with Gasteiger partial charge in [-0.2, -0.15) is 0 Å². The lowest BCUT2D eigenvalue weighted by Crippen LogP contribution is -2.39. The molecule has 0 saturated heterocycles. The molecule has 1 amide bonds. The minimum absolute atomic E-state index is 0.0410. The van der Waals surface area contributed by atoms with Crippen molar-refractivity contribution in [2.75, 3.05) is 13.2 Å². The van der Waals surface area contributed by atoms with Crippen LogP contribution in [0.4, 0.5) is 4.79 Å². The number of fused-ring (bicyclic) bond motifs is 3. The van der Waals surface area contributed by atoms with Gasteiger partial charge in [0, 0.05) is 5.92 Å². The highest BCUT2D eigenvalue weighted by Crippen LogP contribution is 2.44. The third-order valence-electron chi connectivity index (χ3n) is 6.23. The minimum Gasteiger partial charge on any atom is -0.449 e. The number of carbonyl (C=O) groups excluding carboxylic acids is 1. The van der Waals surface area contributed by atoms with Crippen LogP contribution in [0.1, 0.15) is 55.6 Å². The molecule has 4 nitrogen and oxygen atoms in total. The molecule has 28 heavy (non-hydrogen) atoms. The Morgan fingerprint density at radius 3 is 2.21 bits per heavy atom. The summed E-state index contributed by atoms with van der Waals surface area (Å²) in [5.41, 5.74) is 4.85. The molecule has 0 aliphatic heterocycles. The van der Waals surface area contributed by atoms with Crippen LogP contribution in [0.5, 0.6) is 0 Å². The second-order valence-electron chi connectivity index (χ2n) is 8.09. The van der Waals surface area contributed by atoms with Gasteiger partial charge < -0.3 is 15.2 Å². The third-order valence-corrected chi connectivity index (χ3v) is 6.23. The Labute approximate surface area is 166 Å². The van der Waals surface area contributed by atoms with Gasteiger partial charge in [-0.05, 0) is 34.6 Å². The van der Waals surface area contributed by atoms with Crippen LogP contribution in [0, 0.1) is 5.92 Å². The quantitative estimate of drug-likeness (QED) is 0.754. The first-order chi connectivity index (χ1) is 13.8.